The third kappa shape index (κ3) is 4.92. The fraction of sp³-hybridized carbons (Fsp3) is 0. The monoisotopic (exact) mass is 613 g/mol. The van der Waals surface area contributed by atoms with E-state index in [0.717, 1.165) is 50.1 Å². The number of nitrogens with zero attached hydrogens (tertiary/aromatic N) is 1. The first-order valence-electron chi connectivity index (χ1n) is 16.3. The summed E-state index contributed by atoms with van der Waals surface area (Å²) in [7, 11) is 0. The van der Waals surface area contributed by atoms with Crippen LogP contribution in [-0.2, 0) is 0 Å². The van der Waals surface area contributed by atoms with E-state index in [2.05, 4.69) is 187 Å². The van der Waals surface area contributed by atoms with Crippen molar-refractivity contribution in [1.29, 1.82) is 0 Å². The second kappa shape index (κ2) is 11.8. The molecule has 0 amide bonds. The van der Waals surface area contributed by atoms with Crippen molar-refractivity contribution >= 4 is 49.8 Å². The van der Waals surface area contributed by atoms with Gasteiger partial charge in [0.1, 0.15) is 11.2 Å². The van der Waals surface area contributed by atoms with E-state index in [0.29, 0.717) is 0 Å². The summed E-state index contributed by atoms with van der Waals surface area (Å²) in [6.45, 7) is 0. The molecule has 0 atom stereocenters. The Morgan fingerprint density at radius 1 is 0.375 bits per heavy atom. The van der Waals surface area contributed by atoms with Gasteiger partial charge in [0.25, 0.3) is 0 Å². The van der Waals surface area contributed by atoms with Gasteiger partial charge in [-0.2, -0.15) is 0 Å². The van der Waals surface area contributed by atoms with Crippen LogP contribution in [0.25, 0.3) is 66.1 Å². The number of hydrogen-bond donors (Lipinski definition) is 0. The van der Waals surface area contributed by atoms with Crippen molar-refractivity contribution in [3.63, 3.8) is 0 Å². The van der Waals surface area contributed by atoms with E-state index in [9.17, 15) is 0 Å². The standard InChI is InChI=1S/C46H31NO/c1-3-11-32(12-4-1)34-19-21-35(22-20-34)36-23-26-39(27-24-36)47(40-28-25-33-13-7-8-16-38(33)31-40)43-30-29-41(37-14-5-2-6-15-37)46-45(43)42-17-9-10-18-44(42)48-46/h1-31H. The lowest BCUT2D eigenvalue weighted by molar-refractivity contribution is 0.670. The molecule has 0 N–H and O–H groups in total. The maximum Gasteiger partial charge on any atom is 0.145 e. The van der Waals surface area contributed by atoms with Crippen LogP contribution in [0.4, 0.5) is 17.1 Å². The summed E-state index contributed by atoms with van der Waals surface area (Å²) in [5, 5.41) is 4.61. The van der Waals surface area contributed by atoms with Gasteiger partial charge in [-0.15, -0.1) is 0 Å². The van der Waals surface area contributed by atoms with E-state index in [1.54, 1.807) is 0 Å². The van der Waals surface area contributed by atoms with Gasteiger partial charge >= 0.3 is 0 Å². The van der Waals surface area contributed by atoms with Crippen LogP contribution in [0.15, 0.2) is 192 Å². The molecule has 1 heterocycles. The fourth-order valence-electron chi connectivity index (χ4n) is 6.87. The van der Waals surface area contributed by atoms with Gasteiger partial charge in [0.2, 0.25) is 0 Å². The molecule has 0 spiro atoms. The molecule has 0 radical (unpaired) electrons. The highest BCUT2D eigenvalue weighted by Gasteiger charge is 2.22. The first-order valence-corrected chi connectivity index (χ1v) is 16.3. The highest BCUT2D eigenvalue weighted by Crippen LogP contribution is 2.46. The molecule has 0 unspecified atom stereocenters. The Morgan fingerprint density at radius 3 is 1.62 bits per heavy atom. The second-order valence-electron chi connectivity index (χ2n) is 12.2. The summed E-state index contributed by atoms with van der Waals surface area (Å²) in [4.78, 5) is 2.37. The molecule has 0 saturated heterocycles. The van der Waals surface area contributed by atoms with Crippen molar-refractivity contribution < 1.29 is 4.42 Å². The topological polar surface area (TPSA) is 16.4 Å². The van der Waals surface area contributed by atoms with Crippen LogP contribution in [0.2, 0.25) is 0 Å². The summed E-state index contributed by atoms with van der Waals surface area (Å²) in [6, 6.07) is 66.8. The number of hydrogen-bond acceptors (Lipinski definition) is 2. The molecule has 0 bridgehead atoms. The van der Waals surface area contributed by atoms with Crippen LogP contribution in [0.3, 0.4) is 0 Å². The van der Waals surface area contributed by atoms with E-state index in [-0.39, 0.29) is 0 Å². The lowest BCUT2D eigenvalue weighted by Gasteiger charge is -2.27. The summed E-state index contributed by atoms with van der Waals surface area (Å²) in [6.07, 6.45) is 0. The molecule has 0 aliphatic rings. The lowest BCUT2D eigenvalue weighted by Crippen LogP contribution is -2.10. The van der Waals surface area contributed by atoms with Crippen LogP contribution >= 0.6 is 0 Å². The van der Waals surface area contributed by atoms with Gasteiger partial charge < -0.3 is 9.32 Å². The highest BCUT2D eigenvalue weighted by molar-refractivity contribution is 6.17. The zero-order valence-corrected chi connectivity index (χ0v) is 26.3. The number of benzene rings is 8. The first kappa shape index (κ1) is 27.9. The predicted molar refractivity (Wildman–Crippen MR) is 202 cm³/mol. The molecule has 1 aromatic heterocycles. The number of rotatable bonds is 6. The molecule has 48 heavy (non-hydrogen) atoms. The summed E-state index contributed by atoms with van der Waals surface area (Å²) >= 11 is 0. The Hall–Kier alpha value is -6.38. The Labute approximate surface area is 279 Å². The van der Waals surface area contributed by atoms with Gasteiger partial charge in [0.15, 0.2) is 0 Å². The van der Waals surface area contributed by atoms with E-state index in [1.807, 2.05) is 6.07 Å². The van der Waals surface area contributed by atoms with Crippen molar-refractivity contribution in [2.24, 2.45) is 0 Å². The molecule has 2 heteroatoms. The second-order valence-corrected chi connectivity index (χ2v) is 12.2. The summed E-state index contributed by atoms with van der Waals surface area (Å²) < 4.78 is 6.66. The largest absolute Gasteiger partial charge is 0.455 e. The molecule has 226 valence electrons. The van der Waals surface area contributed by atoms with Gasteiger partial charge in [0.05, 0.1) is 11.1 Å². The predicted octanol–water partition coefficient (Wildman–Crippen LogP) is 13.2. The van der Waals surface area contributed by atoms with Gasteiger partial charge in [0, 0.05) is 22.3 Å². The van der Waals surface area contributed by atoms with Crippen LogP contribution < -0.4 is 4.90 Å². The third-order valence-electron chi connectivity index (χ3n) is 9.27. The van der Waals surface area contributed by atoms with Crippen molar-refractivity contribution in [2.75, 3.05) is 4.90 Å². The van der Waals surface area contributed by atoms with Crippen molar-refractivity contribution in [3.8, 4) is 33.4 Å². The van der Waals surface area contributed by atoms with Gasteiger partial charge in [-0.05, 0) is 81.1 Å². The highest BCUT2D eigenvalue weighted by atomic mass is 16.3. The average molecular weight is 614 g/mol. The number of para-hydroxylation sites is 1. The molecule has 0 aliphatic heterocycles. The van der Waals surface area contributed by atoms with Crippen LogP contribution in [0.1, 0.15) is 0 Å². The molecular weight excluding hydrogens is 583 g/mol. The molecule has 2 nitrogen and oxygen atoms in total. The van der Waals surface area contributed by atoms with Crippen LogP contribution in [0.5, 0.6) is 0 Å². The smallest absolute Gasteiger partial charge is 0.145 e. The number of furan rings is 1. The minimum atomic E-state index is 0.880. The van der Waals surface area contributed by atoms with Crippen molar-refractivity contribution in [1.82, 2.24) is 0 Å². The fourth-order valence-corrected chi connectivity index (χ4v) is 6.87. The number of fused-ring (bicyclic) bond motifs is 4. The van der Waals surface area contributed by atoms with Crippen molar-refractivity contribution in [2.45, 2.75) is 0 Å². The Kier molecular flexibility index (Phi) is 6.84. The Bertz CT molecular complexity index is 2530. The normalized spacial score (nSPS) is 11.3. The molecule has 0 saturated carbocycles. The third-order valence-corrected chi connectivity index (χ3v) is 9.27. The zero-order chi connectivity index (χ0) is 31.9. The lowest BCUT2D eigenvalue weighted by atomic mass is 9.98. The maximum atomic E-state index is 6.66. The van der Waals surface area contributed by atoms with Gasteiger partial charge in [-0.1, -0.05) is 146 Å². The molecule has 8 aromatic carbocycles. The van der Waals surface area contributed by atoms with E-state index in [1.165, 1.54) is 33.0 Å². The van der Waals surface area contributed by atoms with Crippen LogP contribution in [0, 0.1) is 0 Å². The van der Waals surface area contributed by atoms with Gasteiger partial charge in [-0.3, -0.25) is 0 Å². The van der Waals surface area contributed by atoms with Crippen molar-refractivity contribution in [3.05, 3.63) is 188 Å². The minimum Gasteiger partial charge on any atom is -0.455 e. The van der Waals surface area contributed by atoms with Crippen LogP contribution in [-0.4, -0.2) is 0 Å². The molecule has 0 aliphatic carbocycles. The van der Waals surface area contributed by atoms with E-state index in [4.69, 9.17) is 4.42 Å². The molecule has 0 fully saturated rings. The molecular formula is C46H31NO. The SMILES string of the molecule is c1ccc(-c2ccc(-c3ccc(N(c4ccc5ccccc5c4)c4ccc(-c5ccccc5)c5oc6ccccc6c45)cc3)cc2)cc1. The average Bonchev–Trinajstić information content (AvgIpc) is 3.56. The summed E-state index contributed by atoms with van der Waals surface area (Å²) in [5.41, 5.74) is 12.0. The molecule has 9 aromatic rings. The molecule has 9 rings (SSSR count). The Balaban J connectivity index is 1.21. The first-order chi connectivity index (χ1) is 23.8. The Morgan fingerprint density at radius 2 is 0.917 bits per heavy atom. The maximum absolute atomic E-state index is 6.66. The summed E-state index contributed by atoms with van der Waals surface area (Å²) in [5.74, 6) is 0. The minimum absolute atomic E-state index is 0.880. The van der Waals surface area contributed by atoms with E-state index < -0.39 is 0 Å². The quantitative estimate of drug-likeness (QED) is 0.185. The number of anilines is 3. The van der Waals surface area contributed by atoms with E-state index >= 15 is 0 Å². The van der Waals surface area contributed by atoms with Gasteiger partial charge in [-0.25, -0.2) is 0 Å². The zero-order valence-electron chi connectivity index (χ0n) is 26.3.